The monoisotopic (exact) mass is 581 g/mol. The molecule has 3 heterocycles. The van der Waals surface area contributed by atoms with Crippen molar-refractivity contribution in [3.8, 4) is 5.75 Å². The predicted molar refractivity (Wildman–Crippen MR) is 154 cm³/mol. The topological polar surface area (TPSA) is 102 Å². The first kappa shape index (κ1) is 28.7. The van der Waals surface area contributed by atoms with Gasteiger partial charge in [0.2, 0.25) is 17.7 Å². The summed E-state index contributed by atoms with van der Waals surface area (Å²) in [4.78, 5) is 58.6. The standard InChI is InChI=1S/C30H36ClN5O5/c1-33-12-13-35(30(33)40)20-28(38)34-11-3-10-32-29(39)26-19-36(27(37)16-21-6-8-23(31)9-7-21)18-25(26)22-4-2-5-24(17-22)41-15-14-34/h2,4-9,17,25-26H,3,10-16,18-20H2,1H3,(H,32,39)/t25-,26+/m1/s1. The number of fused-ring (bicyclic) bond motifs is 4. The minimum atomic E-state index is -0.404. The van der Waals surface area contributed by atoms with Crippen LogP contribution in [0, 0.1) is 5.92 Å². The maximum Gasteiger partial charge on any atom is 0.320 e. The van der Waals surface area contributed by atoms with Crippen LogP contribution in [0.2, 0.25) is 5.02 Å². The van der Waals surface area contributed by atoms with Crippen LogP contribution in [-0.4, -0.2) is 109 Å². The Morgan fingerprint density at radius 1 is 0.951 bits per heavy atom. The van der Waals surface area contributed by atoms with E-state index in [1.54, 1.807) is 38.8 Å². The summed E-state index contributed by atoms with van der Waals surface area (Å²) in [6, 6.07) is 14.7. The fraction of sp³-hybridized carbons (Fsp3) is 0.467. The normalized spacial score (nSPS) is 21.7. The zero-order valence-electron chi connectivity index (χ0n) is 23.3. The maximum atomic E-state index is 13.4. The number of ether oxygens (including phenoxy) is 1. The SMILES string of the molecule is CN1CCN(CC(=O)N2CCCNC(=O)[C@H]3CN(C(=O)Cc4ccc(Cl)cc4)C[C@@H]3c3cccc(c3)OCC2)C1=O. The first-order chi connectivity index (χ1) is 19.8. The van der Waals surface area contributed by atoms with Crippen LogP contribution in [0.1, 0.15) is 23.5 Å². The Hall–Kier alpha value is -3.79. The number of hydrogen-bond donors (Lipinski definition) is 1. The lowest BCUT2D eigenvalue weighted by atomic mass is 9.88. The van der Waals surface area contributed by atoms with Crippen molar-refractivity contribution >= 4 is 35.4 Å². The molecule has 2 saturated heterocycles. The predicted octanol–water partition coefficient (Wildman–Crippen LogP) is 2.22. The smallest absolute Gasteiger partial charge is 0.320 e. The zero-order chi connectivity index (χ0) is 28.9. The van der Waals surface area contributed by atoms with Crippen LogP contribution in [-0.2, 0) is 20.8 Å². The lowest BCUT2D eigenvalue weighted by Crippen LogP contribution is -2.44. The molecule has 0 aliphatic carbocycles. The molecule has 0 radical (unpaired) electrons. The number of amides is 5. The molecule has 11 heteroatoms. The van der Waals surface area contributed by atoms with Gasteiger partial charge >= 0.3 is 6.03 Å². The van der Waals surface area contributed by atoms with E-state index >= 15 is 0 Å². The molecule has 0 aromatic heterocycles. The molecule has 3 aliphatic rings. The number of halogens is 1. The fourth-order valence-corrected chi connectivity index (χ4v) is 5.82. The number of hydrogen-bond acceptors (Lipinski definition) is 5. The molecular weight excluding hydrogens is 546 g/mol. The minimum absolute atomic E-state index is 0.0225. The Balaban J connectivity index is 1.27. The Labute approximate surface area is 245 Å². The highest BCUT2D eigenvalue weighted by atomic mass is 35.5. The highest BCUT2D eigenvalue weighted by Gasteiger charge is 2.40. The van der Waals surface area contributed by atoms with Gasteiger partial charge in [-0.15, -0.1) is 0 Å². The van der Waals surface area contributed by atoms with Gasteiger partial charge in [-0.3, -0.25) is 14.4 Å². The summed E-state index contributed by atoms with van der Waals surface area (Å²) in [5, 5.41) is 3.66. The summed E-state index contributed by atoms with van der Waals surface area (Å²) in [7, 11) is 1.73. The molecule has 0 saturated carbocycles. The molecule has 3 aliphatic heterocycles. The van der Waals surface area contributed by atoms with Gasteiger partial charge in [0, 0.05) is 57.3 Å². The summed E-state index contributed by atoms with van der Waals surface area (Å²) in [6.07, 6.45) is 0.803. The third kappa shape index (κ3) is 6.93. The second-order valence-electron chi connectivity index (χ2n) is 10.9. The Kier molecular flexibility index (Phi) is 8.97. The van der Waals surface area contributed by atoms with E-state index in [9.17, 15) is 19.2 Å². The second kappa shape index (κ2) is 12.8. The van der Waals surface area contributed by atoms with Crippen molar-refractivity contribution in [3.05, 3.63) is 64.7 Å². The van der Waals surface area contributed by atoms with Gasteiger partial charge in [-0.1, -0.05) is 35.9 Å². The Morgan fingerprint density at radius 3 is 2.49 bits per heavy atom. The van der Waals surface area contributed by atoms with Crippen LogP contribution >= 0.6 is 11.6 Å². The lowest BCUT2D eigenvalue weighted by Gasteiger charge is -2.26. The van der Waals surface area contributed by atoms with Gasteiger partial charge in [-0.05, 0) is 41.8 Å². The zero-order valence-corrected chi connectivity index (χ0v) is 24.0. The van der Waals surface area contributed by atoms with Crippen molar-refractivity contribution in [1.29, 1.82) is 0 Å². The van der Waals surface area contributed by atoms with Crippen molar-refractivity contribution in [2.75, 3.05) is 66.0 Å². The molecule has 2 atom stereocenters. The fourth-order valence-electron chi connectivity index (χ4n) is 5.70. The molecule has 5 amide bonds. The van der Waals surface area contributed by atoms with Crippen LogP contribution in [0.3, 0.4) is 0 Å². The maximum absolute atomic E-state index is 13.4. The average Bonchev–Trinajstić information content (AvgIpc) is 3.55. The summed E-state index contributed by atoms with van der Waals surface area (Å²) >= 11 is 5.99. The summed E-state index contributed by atoms with van der Waals surface area (Å²) in [6.45, 7) is 3.42. The highest BCUT2D eigenvalue weighted by Crippen LogP contribution is 2.35. The molecule has 0 spiro atoms. The summed E-state index contributed by atoms with van der Waals surface area (Å²) in [5.74, 6) is -0.204. The minimum Gasteiger partial charge on any atom is -0.492 e. The Bertz CT molecular complexity index is 1290. The van der Waals surface area contributed by atoms with Gasteiger partial charge in [0.05, 0.1) is 18.9 Å². The molecule has 2 aromatic rings. The number of urea groups is 1. The van der Waals surface area contributed by atoms with E-state index in [2.05, 4.69) is 5.32 Å². The summed E-state index contributed by atoms with van der Waals surface area (Å²) < 4.78 is 6.04. The van der Waals surface area contributed by atoms with Gasteiger partial charge in [0.15, 0.2) is 0 Å². The number of nitrogens with zero attached hydrogens (tertiary/aromatic N) is 4. The van der Waals surface area contributed by atoms with E-state index in [-0.39, 0.29) is 42.6 Å². The molecule has 10 nitrogen and oxygen atoms in total. The van der Waals surface area contributed by atoms with Crippen LogP contribution in [0.4, 0.5) is 4.79 Å². The van der Waals surface area contributed by atoms with Crippen LogP contribution < -0.4 is 10.1 Å². The first-order valence-electron chi connectivity index (χ1n) is 14.1. The van der Waals surface area contributed by atoms with Crippen LogP contribution in [0.5, 0.6) is 5.75 Å². The lowest BCUT2D eigenvalue weighted by molar-refractivity contribution is -0.132. The van der Waals surface area contributed by atoms with E-state index in [4.69, 9.17) is 16.3 Å². The van der Waals surface area contributed by atoms with Crippen molar-refractivity contribution in [2.45, 2.75) is 18.8 Å². The quantitative estimate of drug-likeness (QED) is 0.597. The summed E-state index contributed by atoms with van der Waals surface area (Å²) in [5.41, 5.74) is 1.81. The largest absolute Gasteiger partial charge is 0.492 e. The number of rotatable bonds is 4. The van der Waals surface area contributed by atoms with Gasteiger partial charge < -0.3 is 29.7 Å². The third-order valence-corrected chi connectivity index (χ3v) is 8.33. The van der Waals surface area contributed by atoms with Gasteiger partial charge in [0.25, 0.3) is 0 Å². The number of carbonyl (C=O) groups excluding carboxylic acids is 4. The average molecular weight is 582 g/mol. The second-order valence-corrected chi connectivity index (χ2v) is 11.3. The van der Waals surface area contributed by atoms with Gasteiger partial charge in [-0.2, -0.15) is 0 Å². The van der Waals surface area contributed by atoms with E-state index in [1.165, 1.54) is 0 Å². The van der Waals surface area contributed by atoms with Crippen molar-refractivity contribution < 1.29 is 23.9 Å². The molecule has 5 rings (SSSR count). The molecule has 2 aromatic carbocycles. The first-order valence-corrected chi connectivity index (χ1v) is 14.5. The molecule has 41 heavy (non-hydrogen) atoms. The van der Waals surface area contributed by atoms with Crippen LogP contribution in [0.25, 0.3) is 0 Å². The van der Waals surface area contributed by atoms with Gasteiger partial charge in [-0.25, -0.2) is 4.79 Å². The van der Waals surface area contributed by atoms with Crippen LogP contribution in [0.15, 0.2) is 48.5 Å². The van der Waals surface area contributed by atoms with E-state index in [0.717, 1.165) is 11.1 Å². The molecule has 218 valence electrons. The molecular formula is C30H36ClN5O5. The van der Waals surface area contributed by atoms with Crippen molar-refractivity contribution in [1.82, 2.24) is 24.9 Å². The number of carbonyl (C=O) groups is 4. The molecule has 2 bridgehead atoms. The molecule has 2 fully saturated rings. The number of benzene rings is 2. The third-order valence-electron chi connectivity index (χ3n) is 8.08. The van der Waals surface area contributed by atoms with E-state index in [1.807, 2.05) is 36.4 Å². The van der Waals surface area contributed by atoms with E-state index < -0.39 is 5.92 Å². The van der Waals surface area contributed by atoms with Crippen molar-refractivity contribution in [3.63, 3.8) is 0 Å². The van der Waals surface area contributed by atoms with Crippen molar-refractivity contribution in [2.24, 2.45) is 5.92 Å². The Morgan fingerprint density at radius 2 is 1.73 bits per heavy atom. The number of likely N-dealkylation sites (N-methyl/N-ethyl adjacent to an activating group) is 1. The molecule has 1 N–H and O–H groups in total. The molecule has 0 unspecified atom stereocenters. The number of likely N-dealkylation sites (tertiary alicyclic amines) is 1. The highest BCUT2D eigenvalue weighted by molar-refractivity contribution is 6.30. The van der Waals surface area contributed by atoms with Gasteiger partial charge in [0.1, 0.15) is 18.9 Å². The number of nitrogens with one attached hydrogen (secondary N) is 1. The van der Waals surface area contributed by atoms with E-state index in [0.29, 0.717) is 69.6 Å².